The zero-order valence-electron chi connectivity index (χ0n) is 6.27. The van der Waals surface area contributed by atoms with Gasteiger partial charge in [-0.25, -0.2) is 0 Å². The van der Waals surface area contributed by atoms with Crippen molar-refractivity contribution in [2.75, 3.05) is 0 Å². The second kappa shape index (κ2) is 49.5. The Hall–Kier alpha value is 7.36. The van der Waals surface area contributed by atoms with E-state index < -0.39 is 0 Å². The van der Waals surface area contributed by atoms with E-state index in [4.69, 9.17) is 0 Å². The van der Waals surface area contributed by atoms with Gasteiger partial charge in [-0.15, -0.1) is 0 Å². The third-order valence-corrected chi connectivity index (χ3v) is 18.0. The summed E-state index contributed by atoms with van der Waals surface area (Å²) < 4.78 is 0. The van der Waals surface area contributed by atoms with Crippen molar-refractivity contribution in [2.45, 2.75) is 0 Å². The molecule has 0 nitrogen and oxygen atoms in total. The fourth-order valence-corrected chi connectivity index (χ4v) is 22.0. The van der Waals surface area contributed by atoms with Crippen LogP contribution in [0.25, 0.3) is 0 Å². The Labute approximate surface area is 224 Å². The van der Waals surface area contributed by atoms with Crippen LogP contribution in [0.5, 0.6) is 0 Å². The van der Waals surface area contributed by atoms with E-state index in [2.05, 4.69) is 0 Å². The van der Waals surface area contributed by atoms with E-state index in [-0.39, 0.29) is 151 Å². The molecule has 17 heteroatoms. The average molecular weight is 787 g/mol. The van der Waals surface area contributed by atoms with Gasteiger partial charge in [0, 0.05) is 230 Å². The van der Waals surface area contributed by atoms with Crippen LogP contribution >= 0.6 is 78.6 Å². The van der Waals surface area contributed by atoms with Crippen LogP contribution < -0.4 is 0 Å². The summed E-state index contributed by atoms with van der Waals surface area (Å²) in [7, 11) is 14.7. The molecule has 0 aromatic carbocycles. The first-order valence-electron chi connectivity index (χ1n) is 1.33. The van der Waals surface area contributed by atoms with Gasteiger partial charge < -0.3 is 0 Å². The number of rotatable bonds is 0. The van der Waals surface area contributed by atoms with E-state index in [0.29, 0.717) is 0 Å². The Balaban J connectivity index is -0.0000000102. The molecule has 0 spiro atoms. The molecule has 1 saturated heterocycles. The molecular weight excluding hydrogens is 787 g/mol. The van der Waals surface area contributed by atoms with E-state index in [1.54, 1.807) is 0 Å². The predicted molar refractivity (Wildman–Crippen MR) is 60.7 cm³/mol. The molecule has 0 bridgehead atoms. The second-order valence-corrected chi connectivity index (χ2v) is 14.7. The van der Waals surface area contributed by atoms with Crippen LogP contribution in [-0.2, 0) is 151 Å². The summed E-state index contributed by atoms with van der Waals surface area (Å²) in [6.45, 7) is 0. The summed E-state index contributed by atoms with van der Waals surface area (Å²) in [4.78, 5) is 0. The quantitative estimate of drug-likeness (QED) is 0.306. The van der Waals surface area contributed by atoms with Crippen LogP contribution in [0.2, 0.25) is 0 Å². The summed E-state index contributed by atoms with van der Waals surface area (Å²) in [5, 5.41) is 0. The molecule has 0 aromatic rings. The Bertz CT molecular complexity index is 41.0. The van der Waals surface area contributed by atoms with E-state index in [0.717, 1.165) is 0 Å². The molecule has 1 fully saturated rings. The van der Waals surface area contributed by atoms with E-state index >= 15 is 0 Å². The van der Waals surface area contributed by atoms with Crippen LogP contribution in [-0.4, -0.2) is 0 Å². The monoisotopic (exact) mass is 786 g/mol. The van der Waals surface area contributed by atoms with Gasteiger partial charge in [0.15, 0.2) is 0 Å². The minimum Gasteiger partial charge on any atom is 0 e. The summed E-state index contributed by atoms with van der Waals surface area (Å²) in [5.41, 5.74) is 0. The predicted octanol–water partition coefficient (Wildman–Crippen LogP) is 5.16. The van der Waals surface area contributed by atoms with Crippen molar-refractivity contribution in [3.8, 4) is 0 Å². The number of hydrogen-bond donors (Lipinski definition) is 0. The zero-order chi connectivity index (χ0) is 5.66. The molecule has 9 radical (unpaired) electrons. The normalized spacial score (nSPS) is 11.3. The molecule has 0 N–H and O–H groups in total. The molecule has 0 atom stereocenters. The van der Waals surface area contributed by atoms with Gasteiger partial charge in [-0.3, -0.25) is 0 Å². The molecule has 0 amide bonds. The van der Waals surface area contributed by atoms with Gasteiger partial charge in [-0.1, -0.05) is 0 Å². The van der Waals surface area contributed by atoms with Crippen molar-refractivity contribution in [3.63, 3.8) is 0 Å². The fraction of sp³-hybridized carbons (Fsp3) is 0. The zero-order valence-corrected chi connectivity index (χ0v) is 22.2. The summed E-state index contributed by atoms with van der Waals surface area (Å²) in [6.07, 6.45) is 0. The van der Waals surface area contributed by atoms with Crippen molar-refractivity contribution in [3.05, 3.63) is 0 Å². The maximum atomic E-state index is 1.83. The van der Waals surface area contributed by atoms with Crippen LogP contribution in [0.1, 0.15) is 0 Å². The Morgan fingerprint density at radius 2 is 0.235 bits per heavy atom. The summed E-state index contributed by atoms with van der Waals surface area (Å²) in [6, 6.07) is 0. The molecule has 0 aromatic heterocycles. The van der Waals surface area contributed by atoms with E-state index in [1.807, 2.05) is 78.6 Å². The van der Waals surface area contributed by atoms with Crippen LogP contribution in [0.3, 0.4) is 0 Å². The molecule has 0 aliphatic carbocycles. The Kier molecular flexibility index (Phi) is 164. The van der Waals surface area contributed by atoms with Crippen LogP contribution in [0, 0.1) is 0 Å². The third-order valence-electron chi connectivity index (χ3n) is 0.222. The maximum absolute atomic E-state index is 1.83. The first-order chi connectivity index (χ1) is 4.00. The van der Waals surface area contributed by atoms with Gasteiger partial charge in [0.2, 0.25) is 0 Å². The SMILES string of the molecule is S1SSSSSSS1.[Co].[Co].[Co].[Co].[Co].[Co].[Co].[Co].[Co]. The van der Waals surface area contributed by atoms with Crippen LogP contribution in [0.15, 0.2) is 0 Å². The second-order valence-electron chi connectivity index (χ2n) is 0.544. The Morgan fingerprint density at radius 3 is 0.294 bits per heavy atom. The van der Waals surface area contributed by atoms with Gasteiger partial charge in [0.25, 0.3) is 0 Å². The average Bonchev–Trinajstić information content (AvgIpc) is 1.62. The minimum atomic E-state index is 0. The van der Waals surface area contributed by atoms with Crippen LogP contribution in [0.4, 0.5) is 0 Å². The molecule has 1 rings (SSSR count). The molecule has 0 saturated carbocycles. The largest absolute Gasteiger partial charge is 0 e. The van der Waals surface area contributed by atoms with Gasteiger partial charge in [0.1, 0.15) is 0 Å². The summed E-state index contributed by atoms with van der Waals surface area (Å²) >= 11 is 0. The van der Waals surface area contributed by atoms with E-state index in [9.17, 15) is 0 Å². The van der Waals surface area contributed by atoms with Gasteiger partial charge in [-0.05, 0) is 0 Å². The maximum Gasteiger partial charge on any atom is 0 e. The number of hydrogen-bond acceptors (Lipinski definition) is 8. The third kappa shape index (κ3) is 45.2. The standard InChI is InChI=1S/9Co.S8/c;;;;;;;;;1-2-4-6-8-7-5-3-1. The van der Waals surface area contributed by atoms with Crippen molar-refractivity contribution in [2.24, 2.45) is 0 Å². The van der Waals surface area contributed by atoms with Crippen molar-refractivity contribution in [1.82, 2.24) is 0 Å². The molecular formula is Co9S8. The molecule has 17 heavy (non-hydrogen) atoms. The van der Waals surface area contributed by atoms with Gasteiger partial charge in [-0.2, -0.15) is 0 Å². The molecule has 129 valence electrons. The van der Waals surface area contributed by atoms with Crippen molar-refractivity contribution in [1.29, 1.82) is 0 Å². The molecule has 1 aliphatic rings. The van der Waals surface area contributed by atoms with Crippen molar-refractivity contribution >= 4 is 78.6 Å². The minimum absolute atomic E-state index is 0. The molecule has 0 unspecified atom stereocenters. The molecule has 1 aliphatic heterocycles. The smallest absolute Gasteiger partial charge is 0 e. The van der Waals surface area contributed by atoms with Gasteiger partial charge in [0.05, 0.1) is 0 Å². The summed E-state index contributed by atoms with van der Waals surface area (Å²) in [5.74, 6) is 0. The first-order valence-corrected chi connectivity index (χ1v) is 12.0. The first kappa shape index (κ1) is 56.3. The van der Waals surface area contributed by atoms with Gasteiger partial charge >= 0.3 is 0 Å². The Morgan fingerprint density at radius 1 is 0.176 bits per heavy atom. The van der Waals surface area contributed by atoms with Crippen molar-refractivity contribution < 1.29 is 151 Å². The molecule has 1 heterocycles. The van der Waals surface area contributed by atoms with E-state index in [1.165, 1.54) is 0 Å². The fourth-order valence-electron chi connectivity index (χ4n) is 0.0907. The topological polar surface area (TPSA) is 0 Å².